The van der Waals surface area contributed by atoms with Crippen molar-refractivity contribution in [2.75, 3.05) is 13.6 Å². The van der Waals surface area contributed by atoms with Crippen molar-refractivity contribution in [3.8, 4) is 0 Å². The molecule has 0 aliphatic rings. The summed E-state index contributed by atoms with van der Waals surface area (Å²) in [6, 6.07) is 1.79. The fourth-order valence-corrected chi connectivity index (χ4v) is 1.99. The van der Waals surface area contributed by atoms with Crippen molar-refractivity contribution in [2.24, 2.45) is 5.92 Å². The Balaban J connectivity index is 2.56. The number of amides is 3. The van der Waals surface area contributed by atoms with Crippen molar-refractivity contribution in [2.45, 2.75) is 26.3 Å². The zero-order chi connectivity index (χ0) is 19.0. The molecule has 1 atom stereocenters. The van der Waals surface area contributed by atoms with E-state index < -0.39 is 23.8 Å². The van der Waals surface area contributed by atoms with E-state index in [0.29, 0.717) is 6.42 Å². The molecular formula is C16H22N4O5. The summed E-state index contributed by atoms with van der Waals surface area (Å²) < 4.78 is 0. The molecule has 9 nitrogen and oxygen atoms in total. The summed E-state index contributed by atoms with van der Waals surface area (Å²) in [6.07, 6.45) is 1.51. The lowest BCUT2D eigenvalue weighted by Crippen LogP contribution is -2.46. The predicted molar refractivity (Wildman–Crippen MR) is 89.0 cm³/mol. The molecule has 0 aliphatic carbocycles. The number of carbonyl (C=O) groups is 4. The summed E-state index contributed by atoms with van der Waals surface area (Å²) >= 11 is 0. The van der Waals surface area contributed by atoms with Crippen molar-refractivity contribution in [3.63, 3.8) is 0 Å². The van der Waals surface area contributed by atoms with Gasteiger partial charge in [0.2, 0.25) is 5.91 Å². The number of carboxylic acid groups (broad SMARTS) is 1. The van der Waals surface area contributed by atoms with Crippen LogP contribution in [0.2, 0.25) is 0 Å². The normalized spacial score (nSPS) is 11.5. The van der Waals surface area contributed by atoms with E-state index in [4.69, 9.17) is 5.11 Å². The van der Waals surface area contributed by atoms with Gasteiger partial charge in [0.25, 0.3) is 11.8 Å². The van der Waals surface area contributed by atoms with Gasteiger partial charge in [0.15, 0.2) is 0 Å². The maximum atomic E-state index is 11.9. The van der Waals surface area contributed by atoms with Crippen molar-refractivity contribution in [1.82, 2.24) is 20.9 Å². The first-order valence-corrected chi connectivity index (χ1v) is 7.73. The van der Waals surface area contributed by atoms with Gasteiger partial charge in [-0.25, -0.2) is 4.79 Å². The molecule has 0 saturated heterocycles. The number of carbonyl (C=O) groups excluding carboxylic acids is 3. The van der Waals surface area contributed by atoms with Crippen LogP contribution in [0.1, 0.15) is 41.1 Å². The van der Waals surface area contributed by atoms with E-state index in [2.05, 4.69) is 20.9 Å². The van der Waals surface area contributed by atoms with E-state index in [1.165, 1.54) is 25.4 Å². The molecule has 1 aromatic rings. The summed E-state index contributed by atoms with van der Waals surface area (Å²) in [5, 5.41) is 16.2. The fourth-order valence-electron chi connectivity index (χ4n) is 1.99. The molecule has 0 saturated carbocycles. The third kappa shape index (κ3) is 6.58. The molecule has 9 heteroatoms. The second-order valence-corrected chi connectivity index (χ2v) is 5.78. The molecule has 4 N–H and O–H groups in total. The summed E-state index contributed by atoms with van der Waals surface area (Å²) in [4.78, 5) is 50.1. The van der Waals surface area contributed by atoms with E-state index in [1.54, 1.807) is 0 Å². The monoisotopic (exact) mass is 350 g/mol. The average Bonchev–Trinajstić information content (AvgIpc) is 2.58. The van der Waals surface area contributed by atoms with Crippen LogP contribution in [0.15, 0.2) is 18.3 Å². The van der Waals surface area contributed by atoms with E-state index in [-0.39, 0.29) is 29.6 Å². The SMILES string of the molecule is CNC(=O)c1ccc(C(=O)NCC(=O)N[C@@H](CC(C)C)C(=O)O)cn1. The van der Waals surface area contributed by atoms with Gasteiger partial charge in [0, 0.05) is 13.2 Å². The van der Waals surface area contributed by atoms with Crippen LogP contribution >= 0.6 is 0 Å². The third-order valence-corrected chi connectivity index (χ3v) is 3.24. The highest BCUT2D eigenvalue weighted by Crippen LogP contribution is 2.05. The quantitative estimate of drug-likeness (QED) is 0.512. The van der Waals surface area contributed by atoms with Crippen LogP contribution < -0.4 is 16.0 Å². The van der Waals surface area contributed by atoms with Gasteiger partial charge in [0.1, 0.15) is 11.7 Å². The molecule has 136 valence electrons. The largest absolute Gasteiger partial charge is 0.480 e. The first-order valence-electron chi connectivity index (χ1n) is 7.73. The molecule has 0 unspecified atom stereocenters. The summed E-state index contributed by atoms with van der Waals surface area (Å²) in [7, 11) is 1.47. The van der Waals surface area contributed by atoms with Gasteiger partial charge in [-0.1, -0.05) is 13.8 Å². The van der Waals surface area contributed by atoms with Crippen LogP contribution in [0.25, 0.3) is 0 Å². The van der Waals surface area contributed by atoms with Crippen molar-refractivity contribution in [3.05, 3.63) is 29.6 Å². The minimum atomic E-state index is -1.12. The van der Waals surface area contributed by atoms with Crippen LogP contribution in [0.5, 0.6) is 0 Å². The standard InChI is InChI=1S/C16H22N4O5/c1-9(2)6-12(16(24)25)20-13(21)8-19-14(22)10-4-5-11(18-7-10)15(23)17-3/h4-5,7,9,12H,6,8H2,1-3H3,(H,17,23)(H,19,22)(H,20,21)(H,24,25)/t12-/m0/s1. The molecule has 1 aromatic heterocycles. The van der Waals surface area contributed by atoms with Gasteiger partial charge in [0.05, 0.1) is 12.1 Å². The molecule has 25 heavy (non-hydrogen) atoms. The molecule has 0 bridgehead atoms. The Labute approximate surface area is 145 Å². The first kappa shape index (κ1) is 20.1. The lowest BCUT2D eigenvalue weighted by atomic mass is 10.0. The average molecular weight is 350 g/mol. The Morgan fingerprint density at radius 1 is 1.16 bits per heavy atom. The lowest BCUT2D eigenvalue weighted by molar-refractivity contribution is -0.142. The number of hydrogen-bond donors (Lipinski definition) is 4. The van der Waals surface area contributed by atoms with Gasteiger partial charge < -0.3 is 21.1 Å². The van der Waals surface area contributed by atoms with Crippen LogP contribution in [-0.4, -0.2) is 53.4 Å². The number of nitrogens with zero attached hydrogens (tertiary/aromatic N) is 1. The second-order valence-electron chi connectivity index (χ2n) is 5.78. The maximum Gasteiger partial charge on any atom is 0.326 e. The summed E-state index contributed by atoms with van der Waals surface area (Å²) in [6.45, 7) is 3.33. The first-order chi connectivity index (χ1) is 11.7. The summed E-state index contributed by atoms with van der Waals surface area (Å²) in [5.41, 5.74) is 0.340. The molecule has 1 heterocycles. The van der Waals surface area contributed by atoms with E-state index >= 15 is 0 Å². The van der Waals surface area contributed by atoms with Crippen LogP contribution in [0.3, 0.4) is 0 Å². The fraction of sp³-hybridized carbons (Fsp3) is 0.438. The van der Waals surface area contributed by atoms with E-state index in [1.807, 2.05) is 13.8 Å². The zero-order valence-corrected chi connectivity index (χ0v) is 14.3. The van der Waals surface area contributed by atoms with Crippen molar-refractivity contribution in [1.29, 1.82) is 0 Å². The van der Waals surface area contributed by atoms with Crippen LogP contribution in [0, 0.1) is 5.92 Å². The molecular weight excluding hydrogens is 328 g/mol. The number of pyridine rings is 1. The zero-order valence-electron chi connectivity index (χ0n) is 14.3. The number of carboxylic acids is 1. The molecule has 3 amide bonds. The number of aromatic nitrogens is 1. The van der Waals surface area contributed by atoms with Crippen LogP contribution in [-0.2, 0) is 9.59 Å². The predicted octanol–water partition coefficient (Wildman–Crippen LogP) is -0.213. The molecule has 0 spiro atoms. The summed E-state index contributed by atoms with van der Waals surface area (Å²) in [5.74, 6) is -2.56. The molecule has 1 rings (SSSR count). The van der Waals surface area contributed by atoms with E-state index in [9.17, 15) is 19.2 Å². The number of aliphatic carboxylic acids is 1. The van der Waals surface area contributed by atoms with Gasteiger partial charge in [-0.2, -0.15) is 0 Å². The minimum Gasteiger partial charge on any atom is -0.480 e. The number of rotatable bonds is 8. The Hall–Kier alpha value is -2.97. The lowest BCUT2D eigenvalue weighted by Gasteiger charge is -2.16. The molecule has 0 fully saturated rings. The Bertz CT molecular complexity index is 642. The van der Waals surface area contributed by atoms with Gasteiger partial charge in [-0.15, -0.1) is 0 Å². The number of nitrogens with one attached hydrogen (secondary N) is 3. The van der Waals surface area contributed by atoms with Crippen LogP contribution in [0.4, 0.5) is 0 Å². The Morgan fingerprint density at radius 3 is 2.32 bits per heavy atom. The third-order valence-electron chi connectivity index (χ3n) is 3.24. The van der Waals surface area contributed by atoms with Gasteiger partial charge in [-0.05, 0) is 24.5 Å². The Kier molecular flexibility index (Phi) is 7.51. The minimum absolute atomic E-state index is 0.0981. The highest BCUT2D eigenvalue weighted by molar-refractivity contribution is 5.98. The Morgan fingerprint density at radius 2 is 1.84 bits per heavy atom. The van der Waals surface area contributed by atoms with Gasteiger partial charge >= 0.3 is 5.97 Å². The van der Waals surface area contributed by atoms with E-state index in [0.717, 1.165) is 0 Å². The second kappa shape index (κ2) is 9.36. The molecule has 0 aromatic carbocycles. The smallest absolute Gasteiger partial charge is 0.326 e. The van der Waals surface area contributed by atoms with Crippen molar-refractivity contribution < 1.29 is 24.3 Å². The van der Waals surface area contributed by atoms with Crippen molar-refractivity contribution >= 4 is 23.7 Å². The van der Waals surface area contributed by atoms with Gasteiger partial charge in [-0.3, -0.25) is 19.4 Å². The highest BCUT2D eigenvalue weighted by atomic mass is 16.4. The number of hydrogen-bond acceptors (Lipinski definition) is 5. The molecule has 0 aliphatic heterocycles. The topological polar surface area (TPSA) is 137 Å². The molecule has 0 radical (unpaired) electrons. The highest BCUT2D eigenvalue weighted by Gasteiger charge is 2.21. The maximum absolute atomic E-state index is 11.9.